The lowest BCUT2D eigenvalue weighted by atomic mass is 9.86. The summed E-state index contributed by atoms with van der Waals surface area (Å²) in [4.78, 5) is 0. The van der Waals surface area contributed by atoms with Crippen molar-refractivity contribution in [3.8, 4) is 5.75 Å². The minimum atomic E-state index is -3.92. The monoisotopic (exact) mass is 380 g/mol. The van der Waals surface area contributed by atoms with E-state index in [9.17, 15) is 0 Å². The Hall–Kier alpha value is -2.89. The maximum atomic E-state index is 15.5. The first kappa shape index (κ1) is 18.5. The van der Waals surface area contributed by atoms with Crippen molar-refractivity contribution in [3.05, 3.63) is 76.3 Å². The third-order valence-electron chi connectivity index (χ3n) is 5.53. The van der Waals surface area contributed by atoms with Crippen LogP contribution < -0.4 is 4.74 Å². The molecule has 0 bridgehead atoms. The van der Waals surface area contributed by atoms with Gasteiger partial charge in [0.25, 0.3) is 0 Å². The molecule has 0 amide bonds. The Morgan fingerprint density at radius 1 is 1.04 bits per heavy atom. The molecule has 3 heterocycles. The molecular formula is C22H23BF2N2O. The second-order valence-electron chi connectivity index (χ2n) is 7.48. The van der Waals surface area contributed by atoms with Gasteiger partial charge in [0.2, 0.25) is 0 Å². The Morgan fingerprint density at radius 3 is 2.36 bits per heavy atom. The van der Waals surface area contributed by atoms with Crippen LogP contribution in [0.5, 0.6) is 5.75 Å². The van der Waals surface area contributed by atoms with Gasteiger partial charge in [-0.25, -0.2) is 0 Å². The molecule has 1 aromatic heterocycles. The number of aromatic nitrogens is 1. The first-order valence-electron chi connectivity index (χ1n) is 9.35. The predicted octanol–water partition coefficient (Wildman–Crippen LogP) is 5.21. The van der Waals surface area contributed by atoms with Crippen LogP contribution in [0.2, 0.25) is 0 Å². The minimum Gasteiger partial charge on any atom is -0.497 e. The number of hydrogen-bond donors (Lipinski definition) is 0. The fraction of sp³-hybridized carbons (Fsp3) is 0.227. The summed E-state index contributed by atoms with van der Waals surface area (Å²) in [7, 11) is 1.63. The molecule has 0 atom stereocenters. The van der Waals surface area contributed by atoms with E-state index in [1.807, 2.05) is 62.4 Å². The summed E-state index contributed by atoms with van der Waals surface area (Å²) in [5.41, 5.74) is 5.86. The van der Waals surface area contributed by atoms with E-state index in [2.05, 4.69) is 0 Å². The zero-order chi connectivity index (χ0) is 20.2. The fourth-order valence-electron chi connectivity index (χ4n) is 4.40. The number of ether oxygens (including phenoxy) is 1. The molecule has 0 fully saturated rings. The molecule has 2 aliphatic rings. The normalized spacial score (nSPS) is 17.9. The molecule has 0 radical (unpaired) electrons. The Kier molecular flexibility index (Phi) is 4.18. The van der Waals surface area contributed by atoms with Gasteiger partial charge >= 0.3 is 6.97 Å². The van der Waals surface area contributed by atoms with Crippen LogP contribution in [-0.2, 0) is 0 Å². The van der Waals surface area contributed by atoms with Gasteiger partial charge in [0.05, 0.1) is 12.7 Å². The molecule has 2 aliphatic heterocycles. The van der Waals surface area contributed by atoms with Crippen LogP contribution in [0, 0.1) is 13.8 Å². The van der Waals surface area contributed by atoms with E-state index in [0.717, 1.165) is 28.0 Å². The number of halogens is 2. The van der Waals surface area contributed by atoms with E-state index in [4.69, 9.17) is 4.74 Å². The second kappa shape index (κ2) is 6.33. The van der Waals surface area contributed by atoms with Crippen molar-refractivity contribution in [3.63, 3.8) is 0 Å². The van der Waals surface area contributed by atoms with Gasteiger partial charge in [0.15, 0.2) is 5.70 Å². The molecule has 2 aromatic rings. The van der Waals surface area contributed by atoms with E-state index in [-0.39, 0.29) is 0 Å². The number of rotatable bonds is 3. The molecular weight excluding hydrogens is 357 g/mol. The molecule has 1 aromatic carbocycles. The summed E-state index contributed by atoms with van der Waals surface area (Å²) < 4.78 is 38.6. The van der Waals surface area contributed by atoms with Gasteiger partial charge in [-0.3, -0.25) is 0 Å². The van der Waals surface area contributed by atoms with E-state index >= 15 is 8.63 Å². The second-order valence-corrected chi connectivity index (χ2v) is 7.48. The summed E-state index contributed by atoms with van der Waals surface area (Å²) >= 11 is 0. The first-order chi connectivity index (χ1) is 13.3. The van der Waals surface area contributed by atoms with Crippen LogP contribution in [0.25, 0.3) is 11.6 Å². The Labute approximate surface area is 164 Å². The quantitative estimate of drug-likeness (QED) is 0.669. The highest BCUT2D eigenvalue weighted by Crippen LogP contribution is 2.42. The first-order valence-corrected chi connectivity index (χ1v) is 9.35. The standard InChI is InChI=1S/C22H23BF2N2O/c1-14-12-16(3)26-21(14)20(11-8-18-6-9-19(28-5)10-7-18)22-15(2)13-17(4)27(22)23(26,24)25/h6-13H,1-5H3/b11-8+. The molecule has 0 aliphatic carbocycles. The maximum absolute atomic E-state index is 15.5. The molecule has 0 saturated carbocycles. The van der Waals surface area contributed by atoms with Gasteiger partial charge in [0.1, 0.15) is 11.5 Å². The van der Waals surface area contributed by atoms with E-state index in [1.54, 1.807) is 21.0 Å². The smallest absolute Gasteiger partial charge is 0.497 e. The molecule has 144 valence electrons. The Bertz CT molecular complexity index is 1100. The van der Waals surface area contributed by atoms with Crippen LogP contribution in [0.1, 0.15) is 36.4 Å². The van der Waals surface area contributed by atoms with Gasteiger partial charge in [-0.1, -0.05) is 18.2 Å². The third-order valence-corrected chi connectivity index (χ3v) is 5.53. The molecule has 28 heavy (non-hydrogen) atoms. The zero-order valence-corrected chi connectivity index (χ0v) is 16.8. The molecule has 0 saturated heterocycles. The van der Waals surface area contributed by atoms with Crippen molar-refractivity contribution in [1.29, 1.82) is 0 Å². The fourth-order valence-corrected chi connectivity index (χ4v) is 4.40. The van der Waals surface area contributed by atoms with Gasteiger partial charge in [-0.15, -0.1) is 0 Å². The van der Waals surface area contributed by atoms with Crippen molar-refractivity contribution >= 4 is 24.3 Å². The van der Waals surface area contributed by atoms with Gasteiger partial charge in [-0.05, 0) is 61.9 Å². The van der Waals surface area contributed by atoms with Crippen LogP contribution in [0.4, 0.5) is 8.63 Å². The summed E-state index contributed by atoms with van der Waals surface area (Å²) in [6, 6.07) is 9.51. The molecule has 4 rings (SSSR count). The molecule has 0 unspecified atom stereocenters. The Balaban J connectivity index is 1.93. The predicted molar refractivity (Wildman–Crippen MR) is 111 cm³/mol. The summed E-state index contributed by atoms with van der Waals surface area (Å²) in [5.74, 6) is 0.783. The highest BCUT2D eigenvalue weighted by molar-refractivity contribution is 6.58. The zero-order valence-electron chi connectivity index (χ0n) is 16.8. The van der Waals surface area contributed by atoms with Crippen molar-refractivity contribution in [2.24, 2.45) is 0 Å². The average molecular weight is 380 g/mol. The topological polar surface area (TPSA) is 17.2 Å². The number of hydrogen-bond acceptors (Lipinski definition) is 1. The van der Waals surface area contributed by atoms with Gasteiger partial charge in [-0.2, -0.15) is 0 Å². The maximum Gasteiger partial charge on any atom is 0.737 e. The lowest BCUT2D eigenvalue weighted by Gasteiger charge is -2.33. The number of allylic oxidation sites excluding steroid dienone is 4. The minimum absolute atomic E-state index is 0.573. The number of aryl methyl sites for hydroxylation is 2. The number of nitrogens with zero attached hydrogens (tertiary/aromatic N) is 2. The average Bonchev–Trinajstić information content (AvgIpc) is 3.12. The van der Waals surface area contributed by atoms with E-state index < -0.39 is 6.97 Å². The highest BCUT2D eigenvalue weighted by Gasteiger charge is 2.54. The van der Waals surface area contributed by atoms with Gasteiger partial charge in [0, 0.05) is 24.3 Å². The van der Waals surface area contributed by atoms with Crippen LogP contribution in [-0.4, -0.2) is 28.8 Å². The third kappa shape index (κ3) is 2.59. The van der Waals surface area contributed by atoms with E-state index in [0.29, 0.717) is 22.8 Å². The van der Waals surface area contributed by atoms with Crippen LogP contribution in [0.15, 0.2) is 53.8 Å². The molecule has 0 N–H and O–H groups in total. The van der Waals surface area contributed by atoms with Crippen molar-refractivity contribution in [1.82, 2.24) is 4.48 Å². The van der Waals surface area contributed by atoms with Crippen LogP contribution >= 0.6 is 0 Å². The molecule has 6 heteroatoms. The van der Waals surface area contributed by atoms with Crippen LogP contribution in [0.3, 0.4) is 0 Å². The summed E-state index contributed by atoms with van der Waals surface area (Å²) in [6.45, 7) is 3.36. The summed E-state index contributed by atoms with van der Waals surface area (Å²) in [6.07, 6.45) is 5.75. The SMILES string of the molecule is COc1ccc(/C=C/C2=C3C(C)=CC(C)=[N+]3[B-](F)(F)n3c(C)cc(C)c32)cc1. The lowest BCUT2D eigenvalue weighted by Crippen LogP contribution is -2.51. The number of methoxy groups -OCH3 is 1. The van der Waals surface area contributed by atoms with Crippen molar-refractivity contribution < 1.29 is 17.9 Å². The molecule has 3 nitrogen and oxygen atoms in total. The molecule has 0 spiro atoms. The lowest BCUT2D eigenvalue weighted by molar-refractivity contribution is -0.363. The number of fused-ring (bicyclic) bond motifs is 2. The number of benzene rings is 1. The van der Waals surface area contributed by atoms with Crippen molar-refractivity contribution in [2.75, 3.05) is 7.11 Å². The van der Waals surface area contributed by atoms with E-state index in [1.165, 1.54) is 8.96 Å². The Morgan fingerprint density at radius 2 is 1.71 bits per heavy atom. The van der Waals surface area contributed by atoms with Crippen molar-refractivity contribution in [2.45, 2.75) is 27.7 Å². The van der Waals surface area contributed by atoms with Gasteiger partial charge < -0.3 is 22.3 Å². The highest BCUT2D eigenvalue weighted by atomic mass is 19.2. The largest absolute Gasteiger partial charge is 0.737 e. The summed E-state index contributed by atoms with van der Waals surface area (Å²) in [5, 5.41) is 0.